The molecule has 0 N–H and O–H groups in total. The second-order valence-electron chi connectivity index (χ2n) is 30.8. The minimum absolute atomic E-state index is 0.621. The molecule has 0 aliphatic heterocycles. The smallest absolute Gasteiger partial charge is 0.162 e. The minimum atomic E-state index is 0.621. The summed E-state index contributed by atoms with van der Waals surface area (Å²) in [6.45, 7) is 0. The number of furan rings is 1. The fourth-order valence-corrected chi connectivity index (χ4v) is 18.6. The summed E-state index contributed by atoms with van der Waals surface area (Å²) in [5, 5.41) is 9.48. The number of benzene rings is 16. The highest BCUT2D eigenvalue weighted by molar-refractivity contribution is 7.26. The van der Waals surface area contributed by atoms with Gasteiger partial charge in [-0.05, 0) is 97.1 Å². The van der Waals surface area contributed by atoms with Crippen LogP contribution in [0.25, 0.3) is 233 Å². The van der Waals surface area contributed by atoms with Crippen LogP contribution in [0.15, 0.2) is 429 Å². The van der Waals surface area contributed by atoms with Crippen molar-refractivity contribution >= 4 is 97.1 Å². The lowest BCUT2D eigenvalue weighted by Crippen LogP contribution is -2.03. The van der Waals surface area contributed by atoms with Crippen LogP contribution in [0.1, 0.15) is 0 Å². The number of fused-ring (bicyclic) bond motifs is 14. The van der Waals surface area contributed by atoms with Crippen molar-refractivity contribution in [1.29, 1.82) is 0 Å². The van der Waals surface area contributed by atoms with Crippen molar-refractivity contribution in [2.45, 2.75) is 0 Å². The lowest BCUT2D eigenvalue weighted by atomic mass is 9.99. The lowest BCUT2D eigenvalue weighted by molar-refractivity contribution is 0.669. The zero-order chi connectivity index (χ0) is 82.0. The van der Waals surface area contributed by atoms with Gasteiger partial charge in [0.15, 0.2) is 23.3 Å². The predicted octanol–water partition coefficient (Wildman–Crippen LogP) is 29.0. The molecule has 0 fully saturated rings. The highest BCUT2D eigenvalue weighted by Gasteiger charge is 2.27. The van der Waals surface area contributed by atoms with E-state index in [1.807, 2.05) is 145 Å². The SMILES string of the molecule is c1ccc(-c2cc(-c3ccc(-n4c5ccccc5c5c6c(ccc54)oc4ccccc46)c(-c4cc(-c5ccccc5)nc(-c5ccccc5)n4)c3)nc(-c3ccccc3)n2)cc1.c1ccc(-c2cc(-c3ccc(-n4c5ccccc5c5c6c(ccc54)sc4ccccc46)c(-c4nc(-c5ccccc5)cc(-c5ccccc5)n4)c3)nc(-c3ccccc3)n2)cc1. The Morgan fingerprint density at radius 1 is 0.185 bits per heavy atom. The Morgan fingerprint density at radius 3 is 0.952 bits per heavy atom. The van der Waals surface area contributed by atoms with Gasteiger partial charge in [0.25, 0.3) is 0 Å². The first-order valence-corrected chi connectivity index (χ1v) is 42.3. The van der Waals surface area contributed by atoms with Gasteiger partial charge in [-0.2, -0.15) is 0 Å². The maximum atomic E-state index is 6.44. The largest absolute Gasteiger partial charge is 0.456 e. The Hall–Kier alpha value is -16.5. The summed E-state index contributed by atoms with van der Waals surface area (Å²) in [6, 6.07) is 147. The number of rotatable bonds is 14. The molecule has 0 radical (unpaired) electrons. The number of para-hydroxylation sites is 3. The molecule has 0 amide bonds. The molecule has 0 atom stereocenters. The third-order valence-corrected chi connectivity index (χ3v) is 24.4. The molecule has 0 bridgehead atoms. The van der Waals surface area contributed by atoms with Crippen LogP contribution in [-0.4, -0.2) is 49.0 Å². The number of thiophene rings is 1. The van der Waals surface area contributed by atoms with Gasteiger partial charge in [-0.3, -0.25) is 0 Å². The highest BCUT2D eigenvalue weighted by atomic mass is 32.1. The fourth-order valence-electron chi connectivity index (χ4n) is 17.5. The van der Waals surface area contributed by atoms with E-state index in [4.69, 9.17) is 44.3 Å². The van der Waals surface area contributed by atoms with Crippen LogP contribution in [0.4, 0.5) is 0 Å². The van der Waals surface area contributed by atoms with E-state index in [2.05, 4.69) is 300 Å². The van der Waals surface area contributed by atoms with Gasteiger partial charge in [-0.1, -0.05) is 328 Å². The molecule has 8 heterocycles. The lowest BCUT2D eigenvalue weighted by Gasteiger charge is -2.17. The molecule has 124 heavy (non-hydrogen) atoms. The molecule has 0 saturated heterocycles. The Balaban J connectivity index is 0.000000143. The quantitative estimate of drug-likeness (QED) is 0.105. The third-order valence-electron chi connectivity index (χ3n) is 23.3. The highest BCUT2D eigenvalue weighted by Crippen LogP contribution is 2.48. The van der Waals surface area contributed by atoms with Crippen LogP contribution in [0.2, 0.25) is 0 Å². The van der Waals surface area contributed by atoms with Crippen LogP contribution in [-0.2, 0) is 0 Å². The summed E-state index contributed by atoms with van der Waals surface area (Å²) < 4.78 is 13.8. The molecule has 0 spiro atoms. The average Bonchev–Trinajstić information content (AvgIpc) is 1.54. The number of hydrogen-bond acceptors (Lipinski definition) is 10. The first kappa shape index (κ1) is 72.7. The van der Waals surface area contributed by atoms with E-state index in [0.717, 1.165) is 178 Å². The van der Waals surface area contributed by atoms with Crippen molar-refractivity contribution in [1.82, 2.24) is 49.0 Å². The van der Waals surface area contributed by atoms with Crippen LogP contribution in [0, 0.1) is 0 Å². The van der Waals surface area contributed by atoms with Crippen LogP contribution in [0.5, 0.6) is 0 Å². The van der Waals surface area contributed by atoms with Gasteiger partial charge < -0.3 is 13.6 Å². The molecule has 580 valence electrons. The van der Waals surface area contributed by atoms with Gasteiger partial charge in [0.2, 0.25) is 0 Å². The van der Waals surface area contributed by atoms with E-state index in [1.165, 1.54) is 30.9 Å². The van der Waals surface area contributed by atoms with E-state index in [0.29, 0.717) is 23.3 Å². The molecule has 11 nitrogen and oxygen atoms in total. The first-order valence-electron chi connectivity index (χ1n) is 41.4. The van der Waals surface area contributed by atoms with Crippen molar-refractivity contribution in [2.24, 2.45) is 0 Å². The second kappa shape index (κ2) is 31.0. The van der Waals surface area contributed by atoms with Gasteiger partial charge in [0, 0.05) is 119 Å². The van der Waals surface area contributed by atoms with Gasteiger partial charge in [-0.15, -0.1) is 11.3 Å². The number of aromatic nitrogens is 10. The standard InChI is InChI=1S/C56H35N5O.C56H35N5S/c1-5-17-36(18-6-1)44-34-46(59-55(57-44)38-21-9-3-10-22-38)40-29-30-49(43(33-40)47-35-45(37-19-7-2-8-20-37)58-56(60-47)39-23-11-4-12-24-39)61-48-27-15-13-25-41(48)53-50(61)31-32-52-54(53)42-26-14-16-28-51(42)62-52;1-5-17-36(18-6-1)44-35-47(58-55(57-44)39-23-11-4-12-24-39)40-29-30-49(43(33-40)56-59-45(37-19-7-2-8-20-37)34-46(60-56)38-21-9-3-10-22-38)61-48-27-15-13-25-41(48)53-50(61)31-32-52-54(53)42-26-14-16-28-51(42)62-52/h2*1-35H. The summed E-state index contributed by atoms with van der Waals surface area (Å²) in [4.78, 5) is 42.1. The number of nitrogens with zero attached hydrogens (tertiary/aromatic N) is 10. The maximum Gasteiger partial charge on any atom is 0.162 e. The molecular weight excluding hydrogens is 1530 g/mol. The summed E-state index contributed by atoms with van der Waals surface area (Å²) >= 11 is 1.85. The Labute approximate surface area is 717 Å². The normalized spacial score (nSPS) is 11.5. The second-order valence-corrected chi connectivity index (χ2v) is 31.9. The summed E-state index contributed by atoms with van der Waals surface area (Å²) in [7, 11) is 0. The molecule has 24 rings (SSSR count). The van der Waals surface area contributed by atoms with Crippen LogP contribution < -0.4 is 0 Å². The molecule has 8 aromatic heterocycles. The monoisotopic (exact) mass is 1600 g/mol. The van der Waals surface area contributed by atoms with Crippen LogP contribution >= 0.6 is 11.3 Å². The molecule has 16 aromatic carbocycles. The van der Waals surface area contributed by atoms with Gasteiger partial charge >= 0.3 is 0 Å². The van der Waals surface area contributed by atoms with Gasteiger partial charge in [-0.25, -0.2) is 39.9 Å². The van der Waals surface area contributed by atoms with Gasteiger partial charge in [0.05, 0.1) is 79.0 Å². The molecule has 0 aliphatic carbocycles. The first-order chi connectivity index (χ1) is 61.5. The molecular formula is C112H70N10OS. The molecule has 24 aromatic rings. The van der Waals surface area contributed by atoms with Crippen molar-refractivity contribution < 1.29 is 4.42 Å². The van der Waals surface area contributed by atoms with E-state index in [9.17, 15) is 0 Å². The summed E-state index contributed by atoms with van der Waals surface area (Å²) in [5.74, 6) is 2.59. The van der Waals surface area contributed by atoms with Crippen molar-refractivity contribution in [3.63, 3.8) is 0 Å². The topological polar surface area (TPSA) is 126 Å². The average molecular weight is 1600 g/mol. The summed E-state index contributed by atoms with van der Waals surface area (Å²) in [5.41, 5.74) is 26.3. The van der Waals surface area contributed by atoms with E-state index < -0.39 is 0 Å². The van der Waals surface area contributed by atoms with Crippen LogP contribution in [0.3, 0.4) is 0 Å². The minimum Gasteiger partial charge on any atom is -0.456 e. The van der Waals surface area contributed by atoms with Gasteiger partial charge in [0.1, 0.15) is 11.2 Å². The van der Waals surface area contributed by atoms with Crippen molar-refractivity contribution in [3.05, 3.63) is 425 Å². The Morgan fingerprint density at radius 2 is 0.508 bits per heavy atom. The number of hydrogen-bond donors (Lipinski definition) is 0. The fraction of sp³-hybridized carbons (Fsp3) is 0. The van der Waals surface area contributed by atoms with Crippen molar-refractivity contribution in [3.8, 4) is 147 Å². The molecule has 12 heteroatoms. The van der Waals surface area contributed by atoms with E-state index >= 15 is 0 Å². The Bertz CT molecular complexity index is 7490. The van der Waals surface area contributed by atoms with E-state index in [1.54, 1.807) is 0 Å². The zero-order valence-electron chi connectivity index (χ0n) is 66.7. The Kier molecular flexibility index (Phi) is 18.2. The molecule has 0 unspecified atom stereocenters. The zero-order valence-corrected chi connectivity index (χ0v) is 67.5. The van der Waals surface area contributed by atoms with E-state index in [-0.39, 0.29) is 0 Å². The van der Waals surface area contributed by atoms with Crippen molar-refractivity contribution in [2.75, 3.05) is 0 Å². The predicted molar refractivity (Wildman–Crippen MR) is 509 cm³/mol. The maximum absolute atomic E-state index is 6.44. The third kappa shape index (κ3) is 13.2. The molecule has 0 saturated carbocycles. The molecule has 0 aliphatic rings. The summed E-state index contributed by atoms with van der Waals surface area (Å²) in [6.07, 6.45) is 0.